The number of hydroxylamine groups is 2. The number of benzene rings is 1. The lowest BCUT2D eigenvalue weighted by Crippen LogP contribution is -2.32. The molecule has 2 heterocycles. The third-order valence-electron chi connectivity index (χ3n) is 3.20. The molecule has 1 aliphatic heterocycles. The van der Waals surface area contributed by atoms with Gasteiger partial charge in [0, 0.05) is 18.0 Å². The highest BCUT2D eigenvalue weighted by molar-refractivity contribution is 7.09. The van der Waals surface area contributed by atoms with Gasteiger partial charge in [0.05, 0.1) is 16.1 Å². The number of carbonyl (C=O) groups excluding carboxylic acids is 3. The Morgan fingerprint density at radius 1 is 1.18 bits per heavy atom. The fourth-order valence-corrected chi connectivity index (χ4v) is 2.82. The van der Waals surface area contributed by atoms with Crippen LogP contribution in [0.3, 0.4) is 0 Å². The molecular formula is C15H12N2O4S. The van der Waals surface area contributed by atoms with Crippen molar-refractivity contribution in [1.82, 2.24) is 10.0 Å². The van der Waals surface area contributed by atoms with Crippen LogP contribution in [0.25, 0.3) is 0 Å². The molecule has 0 atom stereocenters. The molecule has 0 bridgehead atoms. The number of hydrogen-bond acceptors (Lipinski definition) is 6. The number of carbonyl (C=O) groups is 3. The van der Waals surface area contributed by atoms with E-state index in [1.165, 1.54) is 23.5 Å². The van der Waals surface area contributed by atoms with Crippen LogP contribution in [-0.2, 0) is 16.1 Å². The summed E-state index contributed by atoms with van der Waals surface area (Å²) in [6.45, 7) is 0. The molecule has 0 radical (unpaired) electrons. The SMILES string of the molecule is O=C(CCCc1nccs1)ON1C(=O)c2ccccc2C1=O. The Balaban J connectivity index is 1.56. The van der Waals surface area contributed by atoms with Crippen LogP contribution < -0.4 is 0 Å². The second-order valence-corrected chi connectivity index (χ2v) is 5.67. The van der Waals surface area contributed by atoms with E-state index in [4.69, 9.17) is 4.84 Å². The summed E-state index contributed by atoms with van der Waals surface area (Å²) >= 11 is 1.52. The molecule has 2 aromatic rings. The van der Waals surface area contributed by atoms with E-state index in [1.54, 1.807) is 18.3 Å². The summed E-state index contributed by atoms with van der Waals surface area (Å²) < 4.78 is 0. The first kappa shape index (κ1) is 14.4. The number of amides is 2. The lowest BCUT2D eigenvalue weighted by atomic mass is 10.1. The molecule has 1 aromatic heterocycles. The van der Waals surface area contributed by atoms with Gasteiger partial charge in [-0.3, -0.25) is 9.59 Å². The molecule has 0 unspecified atom stereocenters. The maximum absolute atomic E-state index is 12.0. The van der Waals surface area contributed by atoms with Crippen molar-refractivity contribution in [2.24, 2.45) is 0 Å². The monoisotopic (exact) mass is 316 g/mol. The molecule has 0 saturated heterocycles. The van der Waals surface area contributed by atoms with Gasteiger partial charge in [-0.05, 0) is 25.0 Å². The van der Waals surface area contributed by atoms with E-state index >= 15 is 0 Å². The molecular weight excluding hydrogens is 304 g/mol. The number of aromatic nitrogens is 1. The van der Waals surface area contributed by atoms with Gasteiger partial charge in [-0.15, -0.1) is 11.3 Å². The molecule has 0 N–H and O–H groups in total. The summed E-state index contributed by atoms with van der Waals surface area (Å²) in [7, 11) is 0. The van der Waals surface area contributed by atoms with Gasteiger partial charge in [0.15, 0.2) is 0 Å². The number of imide groups is 1. The van der Waals surface area contributed by atoms with Crippen LogP contribution in [0, 0.1) is 0 Å². The summed E-state index contributed by atoms with van der Waals surface area (Å²) in [5.41, 5.74) is 0.506. The zero-order chi connectivity index (χ0) is 15.5. The molecule has 0 fully saturated rings. The minimum Gasteiger partial charge on any atom is -0.330 e. The van der Waals surface area contributed by atoms with Crippen molar-refractivity contribution >= 4 is 29.1 Å². The van der Waals surface area contributed by atoms with Crippen LogP contribution in [0.4, 0.5) is 0 Å². The molecule has 7 heteroatoms. The molecule has 2 amide bonds. The quantitative estimate of drug-likeness (QED) is 0.791. The van der Waals surface area contributed by atoms with Crippen molar-refractivity contribution < 1.29 is 19.2 Å². The Morgan fingerprint density at radius 3 is 2.45 bits per heavy atom. The summed E-state index contributed by atoms with van der Waals surface area (Å²) in [5.74, 6) is -1.81. The largest absolute Gasteiger partial charge is 0.333 e. The highest BCUT2D eigenvalue weighted by Gasteiger charge is 2.38. The molecule has 0 saturated carbocycles. The highest BCUT2D eigenvalue weighted by Crippen LogP contribution is 2.23. The number of thiazole rings is 1. The topological polar surface area (TPSA) is 76.6 Å². The van der Waals surface area contributed by atoms with Crippen LogP contribution in [0.15, 0.2) is 35.8 Å². The van der Waals surface area contributed by atoms with E-state index < -0.39 is 17.8 Å². The van der Waals surface area contributed by atoms with E-state index in [-0.39, 0.29) is 17.5 Å². The van der Waals surface area contributed by atoms with Crippen molar-refractivity contribution in [3.8, 4) is 0 Å². The van der Waals surface area contributed by atoms with Gasteiger partial charge in [0.1, 0.15) is 0 Å². The Hall–Kier alpha value is -2.54. The number of hydrogen-bond donors (Lipinski definition) is 0. The van der Waals surface area contributed by atoms with Gasteiger partial charge in [0.2, 0.25) is 0 Å². The standard InChI is InChI=1S/C15H12N2O4S/c18-13(7-3-6-12-16-8-9-22-12)21-17-14(19)10-4-1-2-5-11(10)15(17)20/h1-2,4-5,8-9H,3,6-7H2. The number of nitrogens with zero attached hydrogens (tertiary/aromatic N) is 2. The summed E-state index contributed by atoms with van der Waals surface area (Å²) in [4.78, 5) is 44.9. The van der Waals surface area contributed by atoms with Gasteiger partial charge in [-0.25, -0.2) is 9.78 Å². The van der Waals surface area contributed by atoms with Gasteiger partial charge in [-0.1, -0.05) is 17.2 Å². The van der Waals surface area contributed by atoms with Crippen LogP contribution >= 0.6 is 11.3 Å². The fourth-order valence-electron chi connectivity index (χ4n) is 2.16. The molecule has 1 aliphatic rings. The third-order valence-corrected chi connectivity index (χ3v) is 4.04. The van der Waals surface area contributed by atoms with Gasteiger partial charge >= 0.3 is 5.97 Å². The Bertz CT molecular complexity index is 692. The van der Waals surface area contributed by atoms with Crippen molar-refractivity contribution in [3.05, 3.63) is 52.0 Å². The molecule has 1 aromatic carbocycles. The second kappa shape index (κ2) is 6.07. The molecule has 0 aliphatic carbocycles. The van der Waals surface area contributed by atoms with Crippen LogP contribution in [0.2, 0.25) is 0 Å². The summed E-state index contributed by atoms with van der Waals surface area (Å²) in [5, 5.41) is 3.34. The predicted molar refractivity (Wildman–Crippen MR) is 78.1 cm³/mol. The summed E-state index contributed by atoms with van der Waals surface area (Å²) in [6, 6.07) is 6.38. The first-order chi connectivity index (χ1) is 10.7. The van der Waals surface area contributed by atoms with E-state index in [2.05, 4.69) is 4.98 Å². The van der Waals surface area contributed by atoms with Crippen molar-refractivity contribution in [2.75, 3.05) is 0 Å². The molecule has 22 heavy (non-hydrogen) atoms. The van der Waals surface area contributed by atoms with Gasteiger partial charge in [0.25, 0.3) is 11.8 Å². The van der Waals surface area contributed by atoms with E-state index in [9.17, 15) is 14.4 Å². The Labute approximate surface area is 130 Å². The first-order valence-corrected chi connectivity index (χ1v) is 7.62. The lowest BCUT2D eigenvalue weighted by Gasteiger charge is -2.12. The molecule has 0 spiro atoms. The summed E-state index contributed by atoms with van der Waals surface area (Å²) in [6.07, 6.45) is 3.04. The van der Waals surface area contributed by atoms with Crippen molar-refractivity contribution in [1.29, 1.82) is 0 Å². The number of fused-ring (bicyclic) bond motifs is 1. The number of aryl methyl sites for hydroxylation is 1. The fraction of sp³-hybridized carbons (Fsp3) is 0.200. The Kier molecular flexibility index (Phi) is 3.97. The smallest absolute Gasteiger partial charge is 0.330 e. The second-order valence-electron chi connectivity index (χ2n) is 4.69. The first-order valence-electron chi connectivity index (χ1n) is 6.74. The maximum Gasteiger partial charge on any atom is 0.333 e. The molecule has 6 nitrogen and oxygen atoms in total. The van der Waals surface area contributed by atoms with E-state index in [1.807, 2.05) is 5.38 Å². The average Bonchev–Trinajstić information content (AvgIpc) is 3.11. The molecule has 3 rings (SSSR count). The third kappa shape index (κ3) is 2.75. The zero-order valence-electron chi connectivity index (χ0n) is 11.5. The normalized spacial score (nSPS) is 13.4. The number of rotatable bonds is 5. The van der Waals surface area contributed by atoms with E-state index in [0.717, 1.165) is 5.01 Å². The van der Waals surface area contributed by atoms with Gasteiger partial charge < -0.3 is 4.84 Å². The Morgan fingerprint density at radius 2 is 1.86 bits per heavy atom. The zero-order valence-corrected chi connectivity index (χ0v) is 12.3. The van der Waals surface area contributed by atoms with Crippen molar-refractivity contribution in [2.45, 2.75) is 19.3 Å². The van der Waals surface area contributed by atoms with Crippen molar-refractivity contribution in [3.63, 3.8) is 0 Å². The van der Waals surface area contributed by atoms with E-state index in [0.29, 0.717) is 17.9 Å². The highest BCUT2D eigenvalue weighted by atomic mass is 32.1. The minimum atomic E-state index is -0.605. The van der Waals surface area contributed by atoms with Crippen LogP contribution in [-0.4, -0.2) is 27.8 Å². The van der Waals surface area contributed by atoms with Crippen LogP contribution in [0.1, 0.15) is 38.6 Å². The average molecular weight is 316 g/mol. The minimum absolute atomic E-state index is 0.118. The lowest BCUT2D eigenvalue weighted by molar-refractivity contribution is -0.168. The maximum atomic E-state index is 12.0. The predicted octanol–water partition coefficient (Wildman–Crippen LogP) is 2.22. The molecule has 112 valence electrons. The van der Waals surface area contributed by atoms with Crippen LogP contribution in [0.5, 0.6) is 0 Å². The van der Waals surface area contributed by atoms with Gasteiger partial charge in [-0.2, -0.15) is 0 Å².